The van der Waals surface area contributed by atoms with Gasteiger partial charge in [-0.1, -0.05) is 11.6 Å². The molecule has 0 saturated carbocycles. The molecule has 1 aromatic heterocycles. The van der Waals surface area contributed by atoms with E-state index in [9.17, 15) is 23.3 Å². The van der Waals surface area contributed by atoms with E-state index in [1.807, 2.05) is 0 Å². The molecule has 0 aliphatic rings. The Hall–Kier alpha value is -2.29. The third kappa shape index (κ3) is 2.71. The van der Waals surface area contributed by atoms with E-state index in [0.29, 0.717) is 0 Å². The predicted octanol–water partition coefficient (Wildman–Crippen LogP) is 3.68. The van der Waals surface area contributed by atoms with Crippen LogP contribution in [-0.2, 0) is 13.2 Å². The monoisotopic (exact) mass is 335 g/mol. The number of benzene rings is 1. The van der Waals surface area contributed by atoms with Crippen LogP contribution in [0.1, 0.15) is 5.69 Å². The van der Waals surface area contributed by atoms with Gasteiger partial charge in [0.2, 0.25) is 0 Å². The van der Waals surface area contributed by atoms with Gasteiger partial charge in [0.1, 0.15) is 5.75 Å². The van der Waals surface area contributed by atoms with Crippen molar-refractivity contribution in [2.45, 2.75) is 6.18 Å². The normalized spacial score (nSPS) is 11.5. The number of alkyl halides is 3. The maximum atomic E-state index is 12.8. The average molecular weight is 336 g/mol. The molecule has 0 aliphatic carbocycles. The molecule has 1 heterocycles. The van der Waals surface area contributed by atoms with Crippen molar-refractivity contribution in [2.24, 2.45) is 7.05 Å². The minimum absolute atomic E-state index is 0.0483. The smallest absolute Gasteiger partial charge is 0.436 e. The van der Waals surface area contributed by atoms with Crippen molar-refractivity contribution in [3.05, 3.63) is 39.0 Å². The fourth-order valence-electron chi connectivity index (χ4n) is 1.97. The summed E-state index contributed by atoms with van der Waals surface area (Å²) in [6.07, 6.45) is -4.74. The standard InChI is InChI=1S/C12H9ClF3N3O3/c1-18-10(9(13)11(17-18)12(14,15)16)7-5-6(19(20)21)3-4-8(7)22-2/h3-5H,1-2H3. The maximum Gasteiger partial charge on any atom is 0.436 e. The highest BCUT2D eigenvalue weighted by atomic mass is 35.5. The Morgan fingerprint density at radius 2 is 2.05 bits per heavy atom. The summed E-state index contributed by atoms with van der Waals surface area (Å²) in [5.74, 6) is 0.143. The summed E-state index contributed by atoms with van der Waals surface area (Å²) in [5.41, 5.74) is -1.64. The Morgan fingerprint density at radius 3 is 2.50 bits per heavy atom. The first-order valence-electron chi connectivity index (χ1n) is 5.79. The summed E-state index contributed by atoms with van der Waals surface area (Å²) in [5, 5.41) is 13.5. The van der Waals surface area contributed by atoms with Crippen LogP contribution >= 0.6 is 11.6 Å². The highest BCUT2D eigenvalue weighted by Crippen LogP contribution is 2.42. The van der Waals surface area contributed by atoms with Gasteiger partial charge in [0, 0.05) is 19.2 Å². The van der Waals surface area contributed by atoms with E-state index in [2.05, 4.69) is 5.10 Å². The largest absolute Gasteiger partial charge is 0.496 e. The minimum Gasteiger partial charge on any atom is -0.496 e. The van der Waals surface area contributed by atoms with E-state index in [0.717, 1.165) is 10.7 Å². The molecule has 0 radical (unpaired) electrons. The summed E-state index contributed by atoms with van der Waals surface area (Å²) in [6, 6.07) is 3.54. The fourth-order valence-corrected chi connectivity index (χ4v) is 2.34. The number of aryl methyl sites for hydroxylation is 1. The van der Waals surface area contributed by atoms with Gasteiger partial charge in [-0.25, -0.2) is 0 Å². The van der Waals surface area contributed by atoms with E-state index in [1.165, 1.54) is 26.3 Å². The number of non-ortho nitro benzene ring substituents is 1. The second kappa shape index (κ2) is 5.48. The quantitative estimate of drug-likeness (QED) is 0.633. The molecule has 0 amide bonds. The van der Waals surface area contributed by atoms with Crippen LogP contribution in [0.3, 0.4) is 0 Å². The molecule has 1 aromatic carbocycles. The van der Waals surface area contributed by atoms with Crippen molar-refractivity contribution < 1.29 is 22.8 Å². The van der Waals surface area contributed by atoms with Crippen molar-refractivity contribution in [2.75, 3.05) is 7.11 Å². The zero-order valence-electron chi connectivity index (χ0n) is 11.3. The lowest BCUT2D eigenvalue weighted by Gasteiger charge is -2.09. The summed E-state index contributed by atoms with van der Waals surface area (Å²) in [7, 11) is 2.55. The molecule has 0 atom stereocenters. The Labute approximate surface area is 127 Å². The van der Waals surface area contributed by atoms with Crippen LogP contribution < -0.4 is 4.74 Å². The van der Waals surface area contributed by atoms with Crippen molar-refractivity contribution in [3.63, 3.8) is 0 Å². The van der Waals surface area contributed by atoms with Crippen molar-refractivity contribution in [1.82, 2.24) is 9.78 Å². The van der Waals surface area contributed by atoms with E-state index in [-0.39, 0.29) is 22.7 Å². The molecule has 0 fully saturated rings. The van der Waals surface area contributed by atoms with Crippen LogP contribution in [0, 0.1) is 10.1 Å². The maximum absolute atomic E-state index is 12.8. The first kappa shape index (κ1) is 16.1. The summed E-state index contributed by atoms with van der Waals surface area (Å²) in [4.78, 5) is 10.2. The molecule has 6 nitrogen and oxygen atoms in total. The van der Waals surface area contributed by atoms with Gasteiger partial charge in [-0.15, -0.1) is 0 Å². The van der Waals surface area contributed by atoms with Crippen LogP contribution in [0.4, 0.5) is 18.9 Å². The molecule has 0 unspecified atom stereocenters. The number of nitro benzene ring substituents is 1. The van der Waals surface area contributed by atoms with Crippen LogP contribution in [0.15, 0.2) is 18.2 Å². The number of aromatic nitrogens is 2. The van der Waals surface area contributed by atoms with Crippen molar-refractivity contribution in [1.29, 1.82) is 0 Å². The van der Waals surface area contributed by atoms with Gasteiger partial charge >= 0.3 is 6.18 Å². The van der Waals surface area contributed by atoms with Gasteiger partial charge in [-0.05, 0) is 6.07 Å². The van der Waals surface area contributed by atoms with E-state index >= 15 is 0 Å². The van der Waals surface area contributed by atoms with E-state index in [1.54, 1.807) is 0 Å². The summed E-state index contributed by atoms with van der Waals surface area (Å²) < 4.78 is 44.5. The molecule has 118 valence electrons. The third-order valence-corrected chi connectivity index (χ3v) is 3.26. The predicted molar refractivity (Wildman–Crippen MR) is 71.9 cm³/mol. The second-order valence-electron chi connectivity index (χ2n) is 4.27. The lowest BCUT2D eigenvalue weighted by Crippen LogP contribution is -2.07. The van der Waals surface area contributed by atoms with Crippen molar-refractivity contribution >= 4 is 17.3 Å². The fraction of sp³-hybridized carbons (Fsp3) is 0.250. The summed E-state index contributed by atoms with van der Waals surface area (Å²) in [6.45, 7) is 0. The van der Waals surface area contributed by atoms with E-state index < -0.39 is 21.8 Å². The molecule has 0 aliphatic heterocycles. The highest BCUT2D eigenvalue weighted by molar-refractivity contribution is 6.34. The van der Waals surface area contributed by atoms with Crippen LogP contribution in [0.5, 0.6) is 5.75 Å². The van der Waals surface area contributed by atoms with Gasteiger partial charge in [-0.3, -0.25) is 14.8 Å². The lowest BCUT2D eigenvalue weighted by atomic mass is 10.1. The zero-order valence-corrected chi connectivity index (χ0v) is 12.1. The number of hydrogen-bond acceptors (Lipinski definition) is 4. The average Bonchev–Trinajstić information content (AvgIpc) is 2.73. The van der Waals surface area contributed by atoms with Crippen LogP contribution in [0.2, 0.25) is 5.02 Å². The van der Waals surface area contributed by atoms with Crippen LogP contribution in [0.25, 0.3) is 11.3 Å². The SMILES string of the molecule is COc1ccc([N+](=O)[O-])cc1-c1c(Cl)c(C(F)(F)F)nn1C. The second-order valence-corrected chi connectivity index (χ2v) is 4.65. The molecule has 2 rings (SSSR count). The lowest BCUT2D eigenvalue weighted by molar-refractivity contribution is -0.384. The van der Waals surface area contributed by atoms with Crippen LogP contribution in [-0.4, -0.2) is 21.8 Å². The Bertz CT molecular complexity index is 743. The molecule has 0 bridgehead atoms. The first-order valence-corrected chi connectivity index (χ1v) is 6.17. The number of halogens is 4. The Balaban J connectivity index is 2.73. The molecule has 0 spiro atoms. The number of nitro groups is 1. The molecular weight excluding hydrogens is 327 g/mol. The number of nitrogens with zero attached hydrogens (tertiary/aromatic N) is 3. The highest BCUT2D eigenvalue weighted by Gasteiger charge is 2.39. The number of methoxy groups -OCH3 is 1. The third-order valence-electron chi connectivity index (χ3n) is 2.91. The Morgan fingerprint density at radius 1 is 1.41 bits per heavy atom. The number of ether oxygens (including phenoxy) is 1. The number of hydrogen-bond donors (Lipinski definition) is 0. The number of rotatable bonds is 3. The minimum atomic E-state index is -4.74. The van der Waals surface area contributed by atoms with Gasteiger partial charge in [0.15, 0.2) is 5.69 Å². The summed E-state index contributed by atoms with van der Waals surface area (Å²) >= 11 is 5.78. The zero-order chi connectivity index (χ0) is 16.7. The van der Waals surface area contributed by atoms with E-state index in [4.69, 9.17) is 16.3 Å². The van der Waals surface area contributed by atoms with Crippen molar-refractivity contribution in [3.8, 4) is 17.0 Å². The molecule has 2 aromatic rings. The van der Waals surface area contributed by atoms with Gasteiger partial charge < -0.3 is 4.74 Å². The molecular formula is C12H9ClF3N3O3. The Kier molecular flexibility index (Phi) is 4.01. The van der Waals surface area contributed by atoms with Gasteiger partial charge in [-0.2, -0.15) is 18.3 Å². The topological polar surface area (TPSA) is 70.2 Å². The molecule has 22 heavy (non-hydrogen) atoms. The molecule has 10 heteroatoms. The first-order chi connectivity index (χ1) is 10.2. The van der Waals surface area contributed by atoms with Gasteiger partial charge in [0.05, 0.1) is 28.3 Å². The van der Waals surface area contributed by atoms with Gasteiger partial charge in [0.25, 0.3) is 5.69 Å². The molecule has 0 N–H and O–H groups in total. The molecule has 0 saturated heterocycles.